The molecule has 0 bridgehead atoms. The average molecular weight is 591 g/mol. The second kappa shape index (κ2) is 19.1. The summed E-state index contributed by atoms with van der Waals surface area (Å²) in [6.07, 6.45) is 29.4. The van der Waals surface area contributed by atoms with Crippen LogP contribution in [0.5, 0.6) is 11.5 Å². The van der Waals surface area contributed by atoms with Gasteiger partial charge in [0.15, 0.2) is 11.6 Å². The van der Waals surface area contributed by atoms with E-state index in [0.717, 1.165) is 42.6 Å². The van der Waals surface area contributed by atoms with Crippen molar-refractivity contribution in [2.75, 3.05) is 6.61 Å². The molecule has 1 heterocycles. The summed E-state index contributed by atoms with van der Waals surface area (Å²) in [5, 5.41) is 0. The van der Waals surface area contributed by atoms with Crippen molar-refractivity contribution in [2.45, 2.75) is 142 Å². The summed E-state index contributed by atoms with van der Waals surface area (Å²) < 4.78 is 11.6. The number of hydrogen-bond donors (Lipinski definition) is 0. The van der Waals surface area contributed by atoms with E-state index >= 15 is 0 Å². The highest BCUT2D eigenvalue weighted by molar-refractivity contribution is 5.75. The zero-order valence-electron chi connectivity index (χ0n) is 27.2. The van der Waals surface area contributed by atoms with E-state index in [1.54, 1.807) is 12.4 Å². The quantitative estimate of drug-likeness (QED) is 0.0981. The zero-order chi connectivity index (χ0) is 30.1. The number of ether oxygens (including phenoxy) is 2. The van der Waals surface area contributed by atoms with Crippen molar-refractivity contribution in [3.8, 4) is 22.9 Å². The normalized spacial score (nSPS) is 22.3. The van der Waals surface area contributed by atoms with E-state index in [2.05, 4.69) is 23.8 Å². The Morgan fingerprint density at radius 1 is 0.674 bits per heavy atom. The van der Waals surface area contributed by atoms with Gasteiger partial charge in [0.25, 0.3) is 0 Å². The molecule has 0 amide bonds. The third kappa shape index (κ3) is 11.5. The predicted molar refractivity (Wildman–Crippen MR) is 176 cm³/mol. The van der Waals surface area contributed by atoms with E-state index in [9.17, 15) is 4.79 Å². The molecule has 5 nitrogen and oxygen atoms in total. The number of benzene rings is 1. The fraction of sp³-hybridized carbons (Fsp3) is 0.711. The van der Waals surface area contributed by atoms with E-state index in [1.807, 2.05) is 24.3 Å². The Labute approximate surface area is 262 Å². The van der Waals surface area contributed by atoms with Crippen LogP contribution in [0.2, 0.25) is 0 Å². The van der Waals surface area contributed by atoms with Crippen LogP contribution in [0.25, 0.3) is 11.4 Å². The summed E-state index contributed by atoms with van der Waals surface area (Å²) in [7, 11) is 0. The van der Waals surface area contributed by atoms with Crippen molar-refractivity contribution in [1.82, 2.24) is 9.97 Å². The van der Waals surface area contributed by atoms with Crippen LogP contribution < -0.4 is 9.47 Å². The van der Waals surface area contributed by atoms with Crippen LogP contribution in [0.4, 0.5) is 0 Å². The maximum atomic E-state index is 13.0. The molecule has 2 fully saturated rings. The van der Waals surface area contributed by atoms with Crippen LogP contribution in [-0.2, 0) is 4.79 Å². The Hall–Kier alpha value is -2.43. The van der Waals surface area contributed by atoms with Gasteiger partial charge in [-0.1, -0.05) is 97.3 Å². The Bertz CT molecular complexity index is 1020. The van der Waals surface area contributed by atoms with Crippen LogP contribution in [0.15, 0.2) is 36.7 Å². The van der Waals surface area contributed by atoms with Crippen molar-refractivity contribution in [3.63, 3.8) is 0 Å². The van der Waals surface area contributed by atoms with Gasteiger partial charge < -0.3 is 9.47 Å². The van der Waals surface area contributed by atoms with E-state index < -0.39 is 0 Å². The maximum absolute atomic E-state index is 13.0. The number of nitrogens with zero attached hydrogens (tertiary/aromatic N) is 2. The van der Waals surface area contributed by atoms with Gasteiger partial charge in [-0.3, -0.25) is 4.79 Å². The number of unbranched alkanes of at least 4 members (excludes halogenated alkanes) is 9. The highest BCUT2D eigenvalue weighted by Crippen LogP contribution is 2.42. The molecule has 4 rings (SSSR count). The van der Waals surface area contributed by atoms with Crippen LogP contribution in [0, 0.1) is 23.7 Å². The van der Waals surface area contributed by atoms with Gasteiger partial charge in [-0.15, -0.1) is 0 Å². The summed E-state index contributed by atoms with van der Waals surface area (Å²) in [4.78, 5) is 21.9. The summed E-state index contributed by atoms with van der Waals surface area (Å²) in [6.45, 7) is 5.22. The van der Waals surface area contributed by atoms with E-state index in [0.29, 0.717) is 23.9 Å². The summed E-state index contributed by atoms with van der Waals surface area (Å²) in [6, 6.07) is 7.55. The molecule has 2 aliphatic rings. The molecule has 0 atom stereocenters. The minimum absolute atomic E-state index is 0.0301. The van der Waals surface area contributed by atoms with E-state index in [4.69, 9.17) is 9.47 Å². The topological polar surface area (TPSA) is 61.3 Å². The van der Waals surface area contributed by atoms with Crippen molar-refractivity contribution >= 4 is 5.97 Å². The first kappa shape index (κ1) is 33.5. The molecular formula is C38H58N2O3. The average Bonchev–Trinajstić information content (AvgIpc) is 3.05. The van der Waals surface area contributed by atoms with Gasteiger partial charge >= 0.3 is 5.97 Å². The van der Waals surface area contributed by atoms with Gasteiger partial charge in [0.2, 0.25) is 0 Å². The smallest absolute Gasteiger partial charge is 0.314 e. The Balaban J connectivity index is 1.11. The maximum Gasteiger partial charge on any atom is 0.314 e. The molecule has 2 saturated carbocycles. The van der Waals surface area contributed by atoms with Gasteiger partial charge in [0.1, 0.15) is 5.75 Å². The van der Waals surface area contributed by atoms with E-state index in [-0.39, 0.29) is 11.9 Å². The number of carbonyl (C=O) groups excluding carboxylic acids is 1. The van der Waals surface area contributed by atoms with Crippen LogP contribution in [-0.4, -0.2) is 22.5 Å². The van der Waals surface area contributed by atoms with Gasteiger partial charge in [-0.25, -0.2) is 9.97 Å². The molecule has 2 aromatic rings. The van der Waals surface area contributed by atoms with Crippen molar-refractivity contribution in [3.05, 3.63) is 36.7 Å². The molecule has 0 aliphatic heterocycles. The monoisotopic (exact) mass is 590 g/mol. The van der Waals surface area contributed by atoms with Gasteiger partial charge in [-0.2, -0.15) is 0 Å². The number of carbonyl (C=O) groups is 1. The molecule has 43 heavy (non-hydrogen) atoms. The second-order valence-electron chi connectivity index (χ2n) is 13.4. The lowest BCUT2D eigenvalue weighted by atomic mass is 9.68. The summed E-state index contributed by atoms with van der Waals surface area (Å²) in [5.74, 6) is 4.56. The minimum Gasteiger partial charge on any atom is -0.490 e. The lowest BCUT2D eigenvalue weighted by molar-refractivity contribution is -0.140. The van der Waals surface area contributed by atoms with Gasteiger partial charge in [0, 0.05) is 5.56 Å². The standard InChI is InChI=1S/C38H58N2O3/c1-3-5-7-9-10-12-14-30-15-17-31(18-16-30)32-19-21-34(22-20-32)38(41)43-35-25-23-33(24-26-35)37-39-28-36(29-40-37)42-27-13-11-8-6-4-2/h23-26,28-32,34H,3-22,27H2,1-2H3/t30-,31-,32-,34-. The Morgan fingerprint density at radius 2 is 1.23 bits per heavy atom. The first-order valence-electron chi connectivity index (χ1n) is 17.9. The lowest BCUT2D eigenvalue weighted by Gasteiger charge is -2.37. The van der Waals surface area contributed by atoms with Crippen LogP contribution in [0.3, 0.4) is 0 Å². The van der Waals surface area contributed by atoms with Gasteiger partial charge in [-0.05, 0) is 87.0 Å². The molecule has 0 unspecified atom stereocenters. The molecule has 0 N–H and O–H groups in total. The molecule has 238 valence electrons. The first-order valence-corrected chi connectivity index (χ1v) is 17.9. The molecule has 0 saturated heterocycles. The fourth-order valence-corrected chi connectivity index (χ4v) is 7.29. The Kier molecular flexibility index (Phi) is 14.8. The molecule has 1 aromatic carbocycles. The molecule has 0 spiro atoms. The SMILES string of the molecule is CCCCCCCC[C@H]1CC[C@H]([C@H]2CC[C@H](C(=O)Oc3ccc(-c4ncc(OCCCCCCC)cn4)cc3)CC2)CC1. The number of hydrogen-bond acceptors (Lipinski definition) is 5. The number of esters is 1. The summed E-state index contributed by atoms with van der Waals surface area (Å²) in [5.41, 5.74) is 0.896. The van der Waals surface area contributed by atoms with Crippen molar-refractivity contribution < 1.29 is 14.3 Å². The molecule has 5 heteroatoms. The fourth-order valence-electron chi connectivity index (χ4n) is 7.29. The third-order valence-corrected chi connectivity index (χ3v) is 10.1. The first-order chi connectivity index (χ1) is 21.2. The summed E-state index contributed by atoms with van der Waals surface area (Å²) >= 11 is 0. The van der Waals surface area contributed by atoms with Crippen LogP contribution >= 0.6 is 0 Å². The van der Waals surface area contributed by atoms with Crippen LogP contribution in [0.1, 0.15) is 142 Å². The number of aromatic nitrogens is 2. The van der Waals surface area contributed by atoms with Gasteiger partial charge in [0.05, 0.1) is 24.9 Å². The minimum atomic E-state index is -0.0682. The molecule has 1 aromatic heterocycles. The van der Waals surface area contributed by atoms with E-state index in [1.165, 1.54) is 109 Å². The largest absolute Gasteiger partial charge is 0.490 e. The highest BCUT2D eigenvalue weighted by atomic mass is 16.5. The zero-order valence-corrected chi connectivity index (χ0v) is 27.2. The molecule has 0 radical (unpaired) electrons. The lowest BCUT2D eigenvalue weighted by Crippen LogP contribution is -2.30. The Morgan fingerprint density at radius 3 is 1.86 bits per heavy atom. The number of rotatable bonds is 18. The highest BCUT2D eigenvalue weighted by Gasteiger charge is 2.33. The van der Waals surface area contributed by atoms with Crippen molar-refractivity contribution in [2.24, 2.45) is 23.7 Å². The predicted octanol–water partition coefficient (Wildman–Crippen LogP) is 10.8. The second-order valence-corrected chi connectivity index (χ2v) is 13.4. The third-order valence-electron chi connectivity index (χ3n) is 10.1. The van der Waals surface area contributed by atoms with Crippen molar-refractivity contribution in [1.29, 1.82) is 0 Å². The molecule has 2 aliphatic carbocycles. The molecular weight excluding hydrogens is 532 g/mol.